The van der Waals surface area contributed by atoms with Gasteiger partial charge in [0, 0.05) is 41.8 Å². The van der Waals surface area contributed by atoms with E-state index in [0.717, 1.165) is 35.6 Å². The number of nitrogens with zero attached hydrogens (tertiary/aromatic N) is 3. The van der Waals surface area contributed by atoms with E-state index in [9.17, 15) is 0 Å². The van der Waals surface area contributed by atoms with Gasteiger partial charge in [0.2, 0.25) is 0 Å². The van der Waals surface area contributed by atoms with Gasteiger partial charge in [-0.3, -0.25) is 4.99 Å². The molecule has 1 atom stereocenters. The van der Waals surface area contributed by atoms with Gasteiger partial charge in [-0.15, -0.1) is 0 Å². The molecule has 0 spiro atoms. The Morgan fingerprint density at radius 2 is 2.32 bits per heavy atom. The Hall–Kier alpha value is -1.72. The summed E-state index contributed by atoms with van der Waals surface area (Å²) in [6.45, 7) is 5.83. The van der Waals surface area contributed by atoms with Crippen LogP contribution in [0.3, 0.4) is 0 Å². The van der Waals surface area contributed by atoms with Crippen molar-refractivity contribution in [3.05, 3.63) is 35.5 Å². The molecule has 0 bridgehead atoms. The van der Waals surface area contributed by atoms with E-state index in [4.69, 9.17) is 22.1 Å². The summed E-state index contributed by atoms with van der Waals surface area (Å²) in [4.78, 5) is 6.58. The van der Waals surface area contributed by atoms with Gasteiger partial charge >= 0.3 is 0 Å². The van der Waals surface area contributed by atoms with Crippen LogP contribution >= 0.6 is 11.6 Å². The van der Waals surface area contributed by atoms with Gasteiger partial charge < -0.3 is 19.9 Å². The largest absolute Gasteiger partial charge is 0.375 e. The fraction of sp³-hybridized carbons (Fsp3) is 0.438. The standard InChI is InChI=1S/C16H21ClN4O/c1-12-11-21(8-9-22-12)16(18)19-5-7-20-6-4-13-10-14(17)2-3-15(13)20/h2-4,6,10,12H,5,7-9,11H2,1H3,(H2,18,19). The number of ether oxygens (including phenoxy) is 1. The molecule has 2 heterocycles. The topological polar surface area (TPSA) is 55.8 Å². The summed E-state index contributed by atoms with van der Waals surface area (Å²) in [7, 11) is 0. The Labute approximate surface area is 135 Å². The van der Waals surface area contributed by atoms with Crippen LogP contribution in [0, 0.1) is 0 Å². The molecule has 22 heavy (non-hydrogen) atoms. The number of rotatable bonds is 3. The molecule has 1 aromatic heterocycles. The van der Waals surface area contributed by atoms with E-state index in [1.165, 1.54) is 0 Å². The van der Waals surface area contributed by atoms with Crippen molar-refractivity contribution in [1.29, 1.82) is 0 Å². The molecule has 6 heteroatoms. The molecule has 3 rings (SSSR count). The van der Waals surface area contributed by atoms with Crippen LogP contribution in [0.5, 0.6) is 0 Å². The molecule has 2 aromatic rings. The van der Waals surface area contributed by atoms with Crippen molar-refractivity contribution in [2.45, 2.75) is 19.6 Å². The van der Waals surface area contributed by atoms with Crippen LogP contribution in [0.4, 0.5) is 0 Å². The number of morpholine rings is 1. The zero-order valence-electron chi connectivity index (χ0n) is 12.7. The summed E-state index contributed by atoms with van der Waals surface area (Å²) in [5.74, 6) is 0.606. The number of benzene rings is 1. The molecule has 118 valence electrons. The van der Waals surface area contributed by atoms with Crippen molar-refractivity contribution in [3.63, 3.8) is 0 Å². The first-order chi connectivity index (χ1) is 10.6. The molecule has 1 aliphatic heterocycles. The molecule has 1 fully saturated rings. The summed E-state index contributed by atoms with van der Waals surface area (Å²) in [6.07, 6.45) is 2.27. The van der Waals surface area contributed by atoms with Crippen molar-refractivity contribution >= 4 is 28.5 Å². The van der Waals surface area contributed by atoms with Crippen LogP contribution in [-0.2, 0) is 11.3 Å². The predicted molar refractivity (Wildman–Crippen MR) is 90.4 cm³/mol. The van der Waals surface area contributed by atoms with Crippen molar-refractivity contribution in [1.82, 2.24) is 9.47 Å². The lowest BCUT2D eigenvalue weighted by molar-refractivity contribution is 0.00529. The average Bonchev–Trinajstić information content (AvgIpc) is 2.89. The van der Waals surface area contributed by atoms with E-state index >= 15 is 0 Å². The number of hydrogen-bond donors (Lipinski definition) is 1. The second-order valence-corrected chi connectivity index (χ2v) is 6.02. The Morgan fingerprint density at radius 1 is 1.45 bits per heavy atom. The van der Waals surface area contributed by atoms with Crippen LogP contribution in [0.25, 0.3) is 10.9 Å². The van der Waals surface area contributed by atoms with Crippen LogP contribution in [0.2, 0.25) is 5.02 Å². The maximum Gasteiger partial charge on any atom is 0.191 e. The van der Waals surface area contributed by atoms with Gasteiger partial charge in [-0.25, -0.2) is 0 Å². The summed E-state index contributed by atoms with van der Waals surface area (Å²) in [5.41, 5.74) is 7.24. The maximum atomic E-state index is 6.08. The Bertz CT molecular complexity index is 682. The van der Waals surface area contributed by atoms with Gasteiger partial charge in [0.1, 0.15) is 0 Å². The zero-order valence-corrected chi connectivity index (χ0v) is 13.5. The molecular formula is C16H21ClN4O. The van der Waals surface area contributed by atoms with Gasteiger partial charge in [-0.1, -0.05) is 11.6 Å². The van der Waals surface area contributed by atoms with E-state index in [-0.39, 0.29) is 6.10 Å². The summed E-state index contributed by atoms with van der Waals surface area (Å²) < 4.78 is 7.68. The number of nitrogens with two attached hydrogens (primary N) is 1. The average molecular weight is 321 g/mol. The summed E-state index contributed by atoms with van der Waals surface area (Å²) in [6, 6.07) is 7.99. The second-order valence-electron chi connectivity index (χ2n) is 5.58. The first-order valence-electron chi connectivity index (χ1n) is 7.54. The number of aromatic nitrogens is 1. The fourth-order valence-electron chi connectivity index (χ4n) is 2.76. The Kier molecular flexibility index (Phi) is 4.55. The van der Waals surface area contributed by atoms with E-state index in [2.05, 4.69) is 33.6 Å². The van der Waals surface area contributed by atoms with Gasteiger partial charge in [0.15, 0.2) is 5.96 Å². The molecule has 0 amide bonds. The monoisotopic (exact) mass is 320 g/mol. The van der Waals surface area contributed by atoms with Gasteiger partial charge in [0.05, 0.1) is 19.3 Å². The highest BCUT2D eigenvalue weighted by Gasteiger charge is 2.17. The van der Waals surface area contributed by atoms with Crippen LogP contribution in [0.1, 0.15) is 6.92 Å². The lowest BCUT2D eigenvalue weighted by atomic mass is 10.2. The molecule has 0 radical (unpaired) electrons. The lowest BCUT2D eigenvalue weighted by Crippen LogP contribution is -2.48. The van der Waals surface area contributed by atoms with Crippen molar-refractivity contribution in [2.75, 3.05) is 26.2 Å². The van der Waals surface area contributed by atoms with E-state index in [1.807, 2.05) is 18.2 Å². The summed E-state index contributed by atoms with van der Waals surface area (Å²) >= 11 is 6.01. The minimum absolute atomic E-state index is 0.209. The van der Waals surface area contributed by atoms with E-state index in [0.29, 0.717) is 19.1 Å². The minimum atomic E-state index is 0.209. The molecule has 0 aliphatic carbocycles. The first-order valence-corrected chi connectivity index (χ1v) is 7.92. The number of hydrogen-bond acceptors (Lipinski definition) is 2. The van der Waals surface area contributed by atoms with Crippen LogP contribution in [-0.4, -0.2) is 47.8 Å². The van der Waals surface area contributed by atoms with Crippen molar-refractivity contribution < 1.29 is 4.74 Å². The lowest BCUT2D eigenvalue weighted by Gasteiger charge is -2.31. The molecule has 2 N–H and O–H groups in total. The molecule has 1 aromatic carbocycles. The Morgan fingerprint density at radius 3 is 3.14 bits per heavy atom. The van der Waals surface area contributed by atoms with Gasteiger partial charge in [0.25, 0.3) is 0 Å². The van der Waals surface area contributed by atoms with Gasteiger partial charge in [-0.2, -0.15) is 0 Å². The van der Waals surface area contributed by atoms with Gasteiger partial charge in [-0.05, 0) is 31.2 Å². The number of guanidine groups is 1. The maximum absolute atomic E-state index is 6.08. The third kappa shape index (κ3) is 3.36. The first kappa shape index (κ1) is 15.2. The fourth-order valence-corrected chi connectivity index (χ4v) is 2.95. The van der Waals surface area contributed by atoms with Crippen LogP contribution < -0.4 is 5.73 Å². The molecule has 0 saturated carbocycles. The minimum Gasteiger partial charge on any atom is -0.375 e. The highest BCUT2D eigenvalue weighted by molar-refractivity contribution is 6.31. The number of aliphatic imine (C=N–C) groups is 1. The summed E-state index contributed by atoms with van der Waals surface area (Å²) in [5, 5.41) is 1.90. The predicted octanol–water partition coefficient (Wildman–Crippen LogP) is 2.33. The second kappa shape index (κ2) is 6.58. The van der Waals surface area contributed by atoms with E-state index < -0.39 is 0 Å². The van der Waals surface area contributed by atoms with E-state index in [1.54, 1.807) is 0 Å². The molecule has 5 nitrogen and oxygen atoms in total. The molecule has 1 unspecified atom stereocenters. The highest BCUT2D eigenvalue weighted by atomic mass is 35.5. The normalized spacial score (nSPS) is 19.8. The third-order valence-electron chi connectivity index (χ3n) is 3.91. The quantitative estimate of drug-likeness (QED) is 0.697. The molecule has 1 saturated heterocycles. The van der Waals surface area contributed by atoms with Crippen LogP contribution in [0.15, 0.2) is 35.5 Å². The highest BCUT2D eigenvalue weighted by Crippen LogP contribution is 2.20. The SMILES string of the molecule is CC1CN(C(N)=NCCn2ccc3cc(Cl)ccc32)CCO1. The zero-order chi connectivity index (χ0) is 15.5. The number of halogens is 1. The van der Waals surface area contributed by atoms with Crippen molar-refractivity contribution in [2.24, 2.45) is 10.7 Å². The molecule has 1 aliphatic rings. The Balaban J connectivity index is 1.62. The smallest absolute Gasteiger partial charge is 0.191 e. The molecular weight excluding hydrogens is 300 g/mol. The third-order valence-corrected chi connectivity index (χ3v) is 4.15. The number of fused-ring (bicyclic) bond motifs is 1. The van der Waals surface area contributed by atoms with Crippen molar-refractivity contribution in [3.8, 4) is 0 Å².